The van der Waals surface area contributed by atoms with E-state index >= 15 is 0 Å². The number of sulfone groups is 1. The fourth-order valence-corrected chi connectivity index (χ4v) is 2.25. The van der Waals surface area contributed by atoms with Crippen LogP contribution < -0.4 is 10.6 Å². The van der Waals surface area contributed by atoms with Crippen LogP contribution in [-0.4, -0.2) is 45.5 Å². The van der Waals surface area contributed by atoms with E-state index in [0.717, 1.165) is 12.8 Å². The van der Waals surface area contributed by atoms with Crippen LogP contribution in [0.25, 0.3) is 0 Å². The highest BCUT2D eigenvalue weighted by Crippen LogP contribution is 2.06. The minimum absolute atomic E-state index is 0. The maximum Gasteiger partial charge on any atom is 0.191 e. The van der Waals surface area contributed by atoms with Crippen LogP contribution in [-0.2, 0) is 9.84 Å². The van der Waals surface area contributed by atoms with Crippen molar-refractivity contribution in [2.24, 2.45) is 10.9 Å². The molecule has 0 aliphatic carbocycles. The van der Waals surface area contributed by atoms with Crippen LogP contribution in [0.15, 0.2) is 4.99 Å². The smallest absolute Gasteiger partial charge is 0.191 e. The number of hydrogen-bond donors (Lipinski definition) is 2. The predicted molar refractivity (Wildman–Crippen MR) is 97.8 cm³/mol. The highest BCUT2D eigenvalue weighted by molar-refractivity contribution is 14.0. The van der Waals surface area contributed by atoms with E-state index in [0.29, 0.717) is 24.5 Å². The summed E-state index contributed by atoms with van der Waals surface area (Å²) in [5.41, 5.74) is 0. The van der Waals surface area contributed by atoms with E-state index in [4.69, 9.17) is 0 Å². The van der Waals surface area contributed by atoms with Crippen molar-refractivity contribution in [1.82, 2.24) is 10.6 Å². The molecule has 0 saturated heterocycles. The Morgan fingerprint density at radius 3 is 2.25 bits per heavy atom. The third kappa shape index (κ3) is 11.7. The molecule has 2 N–H and O–H groups in total. The Hall–Kier alpha value is -0.0500. The molecule has 0 heterocycles. The van der Waals surface area contributed by atoms with Crippen molar-refractivity contribution in [2.45, 2.75) is 46.6 Å². The van der Waals surface area contributed by atoms with E-state index in [2.05, 4.69) is 36.4 Å². The van der Waals surface area contributed by atoms with Gasteiger partial charge in [-0.1, -0.05) is 20.8 Å². The van der Waals surface area contributed by atoms with Gasteiger partial charge in [0, 0.05) is 25.4 Å². The average Bonchev–Trinajstić information content (AvgIpc) is 2.35. The zero-order chi connectivity index (χ0) is 14.9. The summed E-state index contributed by atoms with van der Waals surface area (Å²) >= 11 is 0. The highest BCUT2D eigenvalue weighted by Gasteiger charge is 2.09. The molecule has 0 amide bonds. The van der Waals surface area contributed by atoms with Crippen LogP contribution in [0.5, 0.6) is 0 Å². The van der Waals surface area contributed by atoms with Crippen molar-refractivity contribution in [3.63, 3.8) is 0 Å². The molecule has 20 heavy (non-hydrogen) atoms. The molecule has 0 spiro atoms. The molecule has 0 aromatic carbocycles. The van der Waals surface area contributed by atoms with Gasteiger partial charge in [-0.3, -0.25) is 4.99 Å². The molecule has 0 rings (SSSR count). The van der Waals surface area contributed by atoms with Crippen LogP contribution in [0.4, 0.5) is 0 Å². The number of guanidine groups is 1. The topological polar surface area (TPSA) is 70.6 Å². The minimum Gasteiger partial charge on any atom is -0.355 e. The van der Waals surface area contributed by atoms with Gasteiger partial charge in [0.15, 0.2) is 15.8 Å². The predicted octanol–water partition coefficient (Wildman–Crippen LogP) is 2.03. The number of rotatable bonds is 8. The highest BCUT2D eigenvalue weighted by atomic mass is 127. The Bertz CT molecular complexity index is 370. The van der Waals surface area contributed by atoms with Crippen molar-refractivity contribution >= 4 is 39.8 Å². The summed E-state index contributed by atoms with van der Waals surface area (Å²) < 4.78 is 22.7. The molecule has 0 aliphatic rings. The summed E-state index contributed by atoms with van der Waals surface area (Å²) in [4.78, 5) is 4.10. The molecular weight excluding hydrogens is 389 g/mol. The maximum atomic E-state index is 11.4. The second-order valence-corrected chi connectivity index (χ2v) is 7.72. The van der Waals surface area contributed by atoms with Gasteiger partial charge in [-0.15, -0.1) is 24.0 Å². The molecule has 5 nitrogen and oxygen atoms in total. The quantitative estimate of drug-likeness (QED) is 0.359. The first-order valence-electron chi connectivity index (χ1n) is 6.98. The largest absolute Gasteiger partial charge is 0.355 e. The summed E-state index contributed by atoms with van der Waals surface area (Å²) in [5, 5.41) is 6.31. The SMILES string of the molecule is CCS(=O)(=O)CCNC(=NC)NC(C)CCC(C)C.I. The van der Waals surface area contributed by atoms with Crippen LogP contribution in [0.2, 0.25) is 0 Å². The van der Waals surface area contributed by atoms with Gasteiger partial charge in [0.05, 0.1) is 5.75 Å². The van der Waals surface area contributed by atoms with Crippen molar-refractivity contribution in [2.75, 3.05) is 25.1 Å². The van der Waals surface area contributed by atoms with Crippen molar-refractivity contribution in [3.8, 4) is 0 Å². The summed E-state index contributed by atoms with van der Waals surface area (Å²) in [5.74, 6) is 1.69. The Labute approximate surface area is 141 Å². The van der Waals surface area contributed by atoms with Crippen molar-refractivity contribution in [3.05, 3.63) is 0 Å². The number of aliphatic imine (C=N–C) groups is 1. The second kappa shape index (κ2) is 11.6. The van der Waals surface area contributed by atoms with Crippen LogP contribution in [0, 0.1) is 5.92 Å². The van der Waals surface area contributed by atoms with Gasteiger partial charge in [-0.05, 0) is 25.7 Å². The van der Waals surface area contributed by atoms with Gasteiger partial charge in [0.2, 0.25) is 0 Å². The van der Waals surface area contributed by atoms with Crippen LogP contribution in [0.1, 0.15) is 40.5 Å². The van der Waals surface area contributed by atoms with Gasteiger partial charge in [-0.2, -0.15) is 0 Å². The minimum atomic E-state index is -2.92. The summed E-state index contributed by atoms with van der Waals surface area (Å²) in [6, 6.07) is 0.330. The number of hydrogen-bond acceptors (Lipinski definition) is 3. The van der Waals surface area contributed by atoms with Crippen LogP contribution >= 0.6 is 24.0 Å². The molecule has 0 aromatic rings. The molecule has 0 aromatic heterocycles. The molecule has 0 aliphatic heterocycles. The average molecular weight is 419 g/mol. The molecule has 0 bridgehead atoms. The van der Waals surface area contributed by atoms with Gasteiger partial charge in [0.1, 0.15) is 0 Å². The molecular formula is C13H30IN3O2S. The molecule has 0 saturated carbocycles. The fourth-order valence-electron chi connectivity index (χ4n) is 1.55. The molecule has 122 valence electrons. The van der Waals surface area contributed by atoms with Crippen molar-refractivity contribution in [1.29, 1.82) is 0 Å². The lowest BCUT2D eigenvalue weighted by Crippen LogP contribution is -2.43. The second-order valence-electron chi connectivity index (χ2n) is 5.25. The lowest BCUT2D eigenvalue weighted by Gasteiger charge is -2.18. The first kappa shape index (κ1) is 22.2. The number of halogens is 1. The standard InChI is InChI=1S/C13H29N3O2S.HI/c1-6-19(17,18)10-9-15-13(14-5)16-12(4)8-7-11(2)3;/h11-12H,6-10H2,1-5H3,(H2,14,15,16);1H. The van der Waals surface area contributed by atoms with E-state index in [1.807, 2.05) is 0 Å². The summed E-state index contributed by atoms with van der Waals surface area (Å²) in [6.45, 7) is 8.58. The zero-order valence-corrected chi connectivity index (χ0v) is 16.4. The number of nitrogens with one attached hydrogen (secondary N) is 2. The van der Waals surface area contributed by atoms with E-state index in [-0.39, 0.29) is 35.5 Å². The summed E-state index contributed by atoms with van der Waals surface area (Å²) in [7, 11) is -1.23. The monoisotopic (exact) mass is 419 g/mol. The van der Waals surface area contributed by atoms with E-state index in [1.165, 1.54) is 0 Å². The van der Waals surface area contributed by atoms with Crippen molar-refractivity contribution < 1.29 is 8.42 Å². The molecule has 0 fully saturated rings. The lowest BCUT2D eigenvalue weighted by atomic mass is 10.0. The maximum absolute atomic E-state index is 11.4. The van der Waals surface area contributed by atoms with E-state index in [9.17, 15) is 8.42 Å². The fraction of sp³-hybridized carbons (Fsp3) is 0.923. The zero-order valence-electron chi connectivity index (χ0n) is 13.3. The Kier molecular flexibility index (Phi) is 12.9. The molecule has 7 heteroatoms. The van der Waals surface area contributed by atoms with E-state index in [1.54, 1.807) is 14.0 Å². The lowest BCUT2D eigenvalue weighted by molar-refractivity contribution is 0.489. The van der Waals surface area contributed by atoms with Gasteiger partial charge < -0.3 is 10.6 Å². The van der Waals surface area contributed by atoms with E-state index < -0.39 is 9.84 Å². The van der Waals surface area contributed by atoms with Gasteiger partial charge >= 0.3 is 0 Å². The molecule has 1 atom stereocenters. The Balaban J connectivity index is 0. The van der Waals surface area contributed by atoms with Crippen LogP contribution in [0.3, 0.4) is 0 Å². The number of nitrogens with zero attached hydrogens (tertiary/aromatic N) is 1. The summed E-state index contributed by atoms with van der Waals surface area (Å²) in [6.07, 6.45) is 2.24. The molecule has 0 radical (unpaired) electrons. The first-order valence-corrected chi connectivity index (χ1v) is 8.80. The third-order valence-corrected chi connectivity index (χ3v) is 4.63. The molecule has 1 unspecified atom stereocenters. The third-order valence-electron chi connectivity index (χ3n) is 2.93. The first-order chi connectivity index (χ1) is 8.80. The normalized spacial score (nSPS) is 13.8. The van der Waals surface area contributed by atoms with Gasteiger partial charge in [0.25, 0.3) is 0 Å². The Morgan fingerprint density at radius 1 is 1.20 bits per heavy atom. The Morgan fingerprint density at radius 2 is 1.80 bits per heavy atom. The van der Waals surface area contributed by atoms with Gasteiger partial charge in [-0.25, -0.2) is 8.42 Å².